The summed E-state index contributed by atoms with van der Waals surface area (Å²) in [6.45, 7) is 8.68. The Labute approximate surface area is 128 Å². The lowest BCUT2D eigenvalue weighted by Gasteiger charge is -2.33. The molecule has 0 aliphatic rings. The van der Waals surface area contributed by atoms with Crippen molar-refractivity contribution in [1.29, 1.82) is 0 Å². The molecule has 0 nitrogen and oxygen atoms in total. The van der Waals surface area contributed by atoms with Crippen molar-refractivity contribution in [2.45, 2.75) is 53.4 Å². The molecule has 0 heterocycles. The summed E-state index contributed by atoms with van der Waals surface area (Å²) in [6.07, 6.45) is 11.4. The maximum atomic E-state index is 2.46. The molecule has 0 aliphatic carbocycles. The Hall–Kier alpha value is 0.0800. The van der Waals surface area contributed by atoms with Crippen LogP contribution in [0, 0.1) is 0 Å². The lowest BCUT2D eigenvalue weighted by atomic mass is 10.4. The van der Waals surface area contributed by atoms with Crippen LogP contribution >= 0.6 is 14.6 Å². The topological polar surface area (TPSA) is 0 Å². The second kappa shape index (κ2) is 9.92. The molecule has 114 valence electrons. The monoisotopic (exact) mass is 311 g/mol. The molecule has 0 N–H and O–H groups in total. The van der Waals surface area contributed by atoms with Crippen LogP contribution in [0.3, 0.4) is 0 Å². The molecule has 0 saturated heterocycles. The fourth-order valence-electron chi connectivity index (χ4n) is 3.03. The van der Waals surface area contributed by atoms with Gasteiger partial charge in [0.1, 0.15) is 0 Å². The second-order valence-corrected chi connectivity index (χ2v) is 15.1. The smallest absolute Gasteiger partial charge is 0.0654 e. The highest BCUT2D eigenvalue weighted by Gasteiger charge is 2.44. The van der Waals surface area contributed by atoms with Crippen LogP contribution in [0.2, 0.25) is 0 Å². The van der Waals surface area contributed by atoms with E-state index in [1.807, 2.05) is 0 Å². The molecule has 2 heteroatoms. The summed E-state index contributed by atoms with van der Waals surface area (Å²) in [5.41, 5.74) is 0. The van der Waals surface area contributed by atoms with E-state index in [0.717, 1.165) is 0 Å². The molecule has 0 atom stereocenters. The van der Waals surface area contributed by atoms with Crippen molar-refractivity contribution in [3.05, 3.63) is 30.3 Å². The van der Waals surface area contributed by atoms with Crippen LogP contribution in [0.15, 0.2) is 30.3 Å². The molecule has 1 aromatic rings. The van der Waals surface area contributed by atoms with Crippen molar-refractivity contribution in [2.75, 3.05) is 24.6 Å². The highest BCUT2D eigenvalue weighted by Crippen LogP contribution is 2.83. The first-order valence-corrected chi connectivity index (χ1v) is 13.0. The molecule has 0 aliphatic heterocycles. The van der Waals surface area contributed by atoms with Gasteiger partial charge in [0.2, 0.25) is 0 Å². The maximum Gasteiger partial charge on any atom is 0.0963 e. The zero-order chi connectivity index (χ0) is 14.8. The van der Waals surface area contributed by atoms with Gasteiger partial charge in [-0.3, -0.25) is 0 Å². The van der Waals surface area contributed by atoms with E-state index in [2.05, 4.69) is 58.0 Å². The normalized spacial score (nSPS) is 12.1. The van der Waals surface area contributed by atoms with E-state index in [4.69, 9.17) is 0 Å². The maximum absolute atomic E-state index is 2.46. The van der Waals surface area contributed by atoms with Gasteiger partial charge in [-0.2, -0.15) is 0 Å². The van der Waals surface area contributed by atoms with Crippen LogP contribution in [0.25, 0.3) is 0 Å². The summed E-state index contributed by atoms with van der Waals surface area (Å²) in [4.78, 5) is 0. The van der Waals surface area contributed by atoms with E-state index in [1.54, 1.807) is 5.30 Å². The molecule has 1 rings (SSSR count). The number of hydrogen-bond acceptors (Lipinski definition) is 0. The van der Waals surface area contributed by atoms with E-state index < -0.39 is 6.95 Å². The van der Waals surface area contributed by atoms with Crippen molar-refractivity contribution in [3.8, 4) is 0 Å². The molecule has 0 bridgehead atoms. The van der Waals surface area contributed by atoms with Crippen LogP contribution in [-0.2, 0) is 0 Å². The fraction of sp³-hybridized carbons (Fsp3) is 0.667. The van der Waals surface area contributed by atoms with Crippen LogP contribution in [-0.4, -0.2) is 24.6 Å². The molecule has 20 heavy (non-hydrogen) atoms. The van der Waals surface area contributed by atoms with Crippen LogP contribution in [0.5, 0.6) is 0 Å². The first kappa shape index (κ1) is 18.1. The molecular weight excluding hydrogens is 278 g/mol. The van der Waals surface area contributed by atoms with E-state index in [0.29, 0.717) is 0 Å². The van der Waals surface area contributed by atoms with Crippen molar-refractivity contribution >= 4 is 19.9 Å². The van der Waals surface area contributed by atoms with E-state index in [-0.39, 0.29) is 7.61 Å². The van der Waals surface area contributed by atoms with E-state index >= 15 is 0 Å². The highest BCUT2D eigenvalue weighted by molar-refractivity contribution is 8.42. The van der Waals surface area contributed by atoms with Gasteiger partial charge in [-0.15, -0.1) is 0 Å². The Morgan fingerprint density at radius 2 is 1.30 bits per heavy atom. The van der Waals surface area contributed by atoms with Gasteiger partial charge in [0.05, 0.1) is 32.2 Å². The van der Waals surface area contributed by atoms with Crippen LogP contribution in [0.1, 0.15) is 53.4 Å². The Morgan fingerprint density at radius 3 is 1.70 bits per heavy atom. The van der Waals surface area contributed by atoms with Crippen LogP contribution in [0.4, 0.5) is 0 Å². The summed E-state index contributed by atoms with van der Waals surface area (Å²) in [5.74, 6) is 0. The van der Waals surface area contributed by atoms with E-state index in [9.17, 15) is 0 Å². The Kier molecular flexibility index (Phi) is 8.99. The average Bonchev–Trinajstić information content (AvgIpc) is 2.51. The van der Waals surface area contributed by atoms with Gasteiger partial charge in [-0.1, -0.05) is 44.9 Å². The van der Waals surface area contributed by atoms with Gasteiger partial charge in [-0.25, -0.2) is 0 Å². The minimum absolute atomic E-state index is 0.215. The fourth-order valence-corrected chi connectivity index (χ4v) is 15.3. The van der Waals surface area contributed by atoms with Crippen molar-refractivity contribution < 1.29 is 0 Å². The zero-order valence-corrected chi connectivity index (χ0v) is 15.7. The van der Waals surface area contributed by atoms with Gasteiger partial charge < -0.3 is 0 Å². The first-order chi connectivity index (χ1) is 9.75. The van der Waals surface area contributed by atoms with Gasteiger partial charge in [0.25, 0.3) is 0 Å². The largest absolute Gasteiger partial charge is 0.0963 e. The molecule has 0 aromatic heterocycles. The molecule has 0 amide bonds. The Morgan fingerprint density at radius 1 is 0.800 bits per heavy atom. The summed E-state index contributed by atoms with van der Waals surface area (Å²) in [6, 6.07) is 11.5. The molecule has 0 radical (unpaired) electrons. The third kappa shape index (κ3) is 4.54. The number of unbranched alkanes of at least 4 members (excludes halogenated alkanes) is 2. The third-order valence-electron chi connectivity index (χ3n) is 4.36. The molecule has 0 unspecified atom stereocenters. The predicted molar refractivity (Wildman–Crippen MR) is 101 cm³/mol. The third-order valence-corrected chi connectivity index (χ3v) is 17.3. The van der Waals surface area contributed by atoms with Gasteiger partial charge in [0, 0.05) is 12.3 Å². The Balaban J connectivity index is 3.04. The summed E-state index contributed by atoms with van der Waals surface area (Å²) in [7, 11) is 0.215. The van der Waals surface area contributed by atoms with Crippen molar-refractivity contribution in [1.82, 2.24) is 0 Å². The van der Waals surface area contributed by atoms with Crippen molar-refractivity contribution in [2.24, 2.45) is 0 Å². The number of hydrogen-bond donors (Lipinski definition) is 0. The minimum atomic E-state index is -0.915. The lowest BCUT2D eigenvalue weighted by molar-refractivity contribution is 0.872. The van der Waals surface area contributed by atoms with Gasteiger partial charge in [-0.05, 0) is 38.8 Å². The highest BCUT2D eigenvalue weighted by atomic mass is 32.1. The standard InChI is InChI=1S/C18H33P2/c1-5-9-16-19(17-10-6-2)20(7-3,8-4)18-14-12-11-13-15-18/h11-15H,5-10,16-17H2,1-4H3/q+1. The first-order valence-electron chi connectivity index (χ1n) is 8.43. The van der Waals surface area contributed by atoms with Crippen LogP contribution < -0.4 is 5.30 Å². The summed E-state index contributed by atoms with van der Waals surface area (Å²) < 4.78 is 0. The molecular formula is C18H33P2+. The molecule has 0 fully saturated rings. The summed E-state index contributed by atoms with van der Waals surface area (Å²) in [5, 5.41) is 1.71. The van der Waals surface area contributed by atoms with E-state index in [1.165, 1.54) is 50.3 Å². The minimum Gasteiger partial charge on any atom is -0.0654 e. The SMILES string of the molecule is CCCCP(CCCC)[P+](CC)(CC)c1ccccc1. The Bertz CT molecular complexity index is 336. The zero-order valence-electron chi connectivity index (χ0n) is 13.9. The quantitative estimate of drug-likeness (QED) is 0.441. The lowest BCUT2D eigenvalue weighted by Crippen LogP contribution is -2.16. The molecule has 0 saturated carbocycles. The second-order valence-electron chi connectivity index (χ2n) is 5.55. The predicted octanol–water partition coefficient (Wildman–Crippen LogP) is 6.37. The molecule has 0 spiro atoms. The molecule has 1 aromatic carbocycles. The summed E-state index contributed by atoms with van der Waals surface area (Å²) >= 11 is 0. The van der Waals surface area contributed by atoms with Crippen molar-refractivity contribution in [3.63, 3.8) is 0 Å². The van der Waals surface area contributed by atoms with Gasteiger partial charge >= 0.3 is 0 Å². The number of benzene rings is 1. The van der Waals surface area contributed by atoms with Gasteiger partial charge in [0.15, 0.2) is 0 Å². The average molecular weight is 311 g/mol. The number of rotatable bonds is 10.